The lowest BCUT2D eigenvalue weighted by Gasteiger charge is -2.12. The molecule has 0 spiro atoms. The van der Waals surface area contributed by atoms with Gasteiger partial charge in [-0.25, -0.2) is 4.79 Å². The Bertz CT molecular complexity index is 1210. The maximum Gasteiger partial charge on any atom is 0.343 e. The SMILES string of the molecule is COc1cc(OC)c(OC)cc1/C=C1\Oc2cc(OC(=O)c3ccccc3)ccc2C1=O. The van der Waals surface area contributed by atoms with Gasteiger partial charge in [0, 0.05) is 17.7 Å². The Morgan fingerprint density at radius 2 is 1.53 bits per heavy atom. The zero-order chi connectivity index (χ0) is 22.7. The fourth-order valence-electron chi connectivity index (χ4n) is 3.28. The van der Waals surface area contributed by atoms with Crippen molar-refractivity contribution >= 4 is 17.8 Å². The summed E-state index contributed by atoms with van der Waals surface area (Å²) in [4.78, 5) is 25.1. The zero-order valence-electron chi connectivity index (χ0n) is 17.7. The van der Waals surface area contributed by atoms with Crippen LogP contribution in [-0.2, 0) is 0 Å². The number of carbonyl (C=O) groups excluding carboxylic acids is 2. The Hall–Kier alpha value is -4.26. The Labute approximate surface area is 184 Å². The highest BCUT2D eigenvalue weighted by Gasteiger charge is 2.28. The molecule has 0 aliphatic carbocycles. The molecule has 1 heterocycles. The maximum absolute atomic E-state index is 12.8. The van der Waals surface area contributed by atoms with E-state index in [-0.39, 0.29) is 17.3 Å². The van der Waals surface area contributed by atoms with E-state index in [1.54, 1.807) is 54.6 Å². The summed E-state index contributed by atoms with van der Waals surface area (Å²) in [7, 11) is 4.56. The van der Waals surface area contributed by atoms with Crippen LogP contribution in [-0.4, -0.2) is 33.1 Å². The monoisotopic (exact) mass is 432 g/mol. The van der Waals surface area contributed by atoms with E-state index >= 15 is 0 Å². The number of fused-ring (bicyclic) bond motifs is 1. The van der Waals surface area contributed by atoms with Crippen LogP contribution in [0.4, 0.5) is 0 Å². The number of ether oxygens (including phenoxy) is 5. The minimum Gasteiger partial charge on any atom is -0.496 e. The van der Waals surface area contributed by atoms with Crippen LogP contribution < -0.4 is 23.7 Å². The largest absolute Gasteiger partial charge is 0.496 e. The molecule has 0 bridgehead atoms. The summed E-state index contributed by atoms with van der Waals surface area (Å²) in [5.41, 5.74) is 1.37. The molecule has 7 nitrogen and oxygen atoms in total. The van der Waals surface area contributed by atoms with Crippen LogP contribution in [0.25, 0.3) is 6.08 Å². The second kappa shape index (κ2) is 8.85. The van der Waals surface area contributed by atoms with Gasteiger partial charge in [-0.05, 0) is 36.4 Å². The van der Waals surface area contributed by atoms with Crippen molar-refractivity contribution in [3.63, 3.8) is 0 Å². The number of esters is 1. The molecule has 0 saturated carbocycles. The molecule has 0 radical (unpaired) electrons. The van der Waals surface area contributed by atoms with Gasteiger partial charge in [0.25, 0.3) is 0 Å². The third-order valence-corrected chi connectivity index (χ3v) is 4.88. The highest BCUT2D eigenvalue weighted by molar-refractivity contribution is 6.14. The highest BCUT2D eigenvalue weighted by atomic mass is 16.5. The van der Waals surface area contributed by atoms with E-state index in [0.717, 1.165) is 0 Å². The highest BCUT2D eigenvalue weighted by Crippen LogP contribution is 2.39. The first-order chi connectivity index (χ1) is 15.5. The number of ketones is 1. The van der Waals surface area contributed by atoms with Gasteiger partial charge in [-0.1, -0.05) is 18.2 Å². The van der Waals surface area contributed by atoms with Crippen LogP contribution in [0.1, 0.15) is 26.3 Å². The van der Waals surface area contributed by atoms with Gasteiger partial charge in [0.2, 0.25) is 5.78 Å². The van der Waals surface area contributed by atoms with E-state index in [4.69, 9.17) is 23.7 Å². The number of hydrogen-bond donors (Lipinski definition) is 0. The lowest BCUT2D eigenvalue weighted by Crippen LogP contribution is -2.08. The molecule has 4 rings (SSSR count). The number of benzene rings is 3. The maximum atomic E-state index is 12.8. The smallest absolute Gasteiger partial charge is 0.343 e. The van der Waals surface area contributed by atoms with E-state index in [1.807, 2.05) is 6.07 Å². The van der Waals surface area contributed by atoms with Crippen LogP contribution in [0.5, 0.6) is 28.7 Å². The first kappa shape index (κ1) is 21.0. The third kappa shape index (κ3) is 4.00. The molecule has 162 valence electrons. The summed E-state index contributed by atoms with van der Waals surface area (Å²) >= 11 is 0. The summed E-state index contributed by atoms with van der Waals surface area (Å²) in [6, 6.07) is 16.6. The fraction of sp³-hybridized carbons (Fsp3) is 0.120. The van der Waals surface area contributed by atoms with Crippen LogP contribution in [0.15, 0.2) is 66.4 Å². The van der Waals surface area contributed by atoms with Gasteiger partial charge in [0.1, 0.15) is 17.2 Å². The summed E-state index contributed by atoms with van der Waals surface area (Å²) in [6.45, 7) is 0. The minimum absolute atomic E-state index is 0.108. The molecule has 7 heteroatoms. The Kier molecular flexibility index (Phi) is 5.81. The molecule has 0 aromatic heterocycles. The predicted molar refractivity (Wildman–Crippen MR) is 117 cm³/mol. The lowest BCUT2D eigenvalue weighted by atomic mass is 10.1. The zero-order valence-corrected chi connectivity index (χ0v) is 17.7. The Morgan fingerprint density at radius 3 is 2.22 bits per heavy atom. The van der Waals surface area contributed by atoms with Crippen molar-refractivity contribution in [2.24, 2.45) is 0 Å². The summed E-state index contributed by atoms with van der Waals surface area (Å²) in [5.74, 6) is 1.36. The molecule has 0 fully saturated rings. The number of methoxy groups -OCH3 is 3. The molecule has 0 saturated heterocycles. The molecule has 32 heavy (non-hydrogen) atoms. The van der Waals surface area contributed by atoms with Crippen molar-refractivity contribution in [3.05, 3.63) is 83.1 Å². The lowest BCUT2D eigenvalue weighted by molar-refractivity contribution is 0.0734. The fourth-order valence-corrected chi connectivity index (χ4v) is 3.28. The third-order valence-electron chi connectivity index (χ3n) is 4.88. The molecule has 0 amide bonds. The molecule has 3 aromatic rings. The van der Waals surface area contributed by atoms with Gasteiger partial charge in [-0.3, -0.25) is 4.79 Å². The first-order valence-corrected chi connectivity index (χ1v) is 9.69. The molecular formula is C25H20O7. The molecule has 0 N–H and O–H groups in total. The van der Waals surface area contributed by atoms with E-state index in [0.29, 0.717) is 39.7 Å². The number of carbonyl (C=O) groups is 2. The van der Waals surface area contributed by atoms with E-state index in [1.165, 1.54) is 27.4 Å². The normalized spacial score (nSPS) is 13.3. The second-order valence-electron chi connectivity index (χ2n) is 6.80. The molecule has 3 aromatic carbocycles. The number of allylic oxidation sites excluding steroid dienone is 1. The van der Waals surface area contributed by atoms with Gasteiger partial charge < -0.3 is 23.7 Å². The van der Waals surface area contributed by atoms with Crippen molar-refractivity contribution in [1.82, 2.24) is 0 Å². The van der Waals surface area contributed by atoms with Gasteiger partial charge in [0.05, 0.1) is 32.5 Å². The van der Waals surface area contributed by atoms with E-state index in [2.05, 4.69) is 0 Å². The Balaban J connectivity index is 1.61. The van der Waals surface area contributed by atoms with E-state index < -0.39 is 5.97 Å². The summed E-state index contributed by atoms with van der Waals surface area (Å²) in [5, 5.41) is 0. The average molecular weight is 432 g/mol. The second-order valence-corrected chi connectivity index (χ2v) is 6.80. The molecule has 0 unspecified atom stereocenters. The number of Topliss-reactive ketones (excluding diaryl/α,β-unsaturated/α-hetero) is 1. The summed E-state index contributed by atoms with van der Waals surface area (Å²) in [6.07, 6.45) is 1.57. The van der Waals surface area contributed by atoms with Crippen LogP contribution in [0.3, 0.4) is 0 Å². The molecular weight excluding hydrogens is 412 g/mol. The molecule has 1 aliphatic rings. The van der Waals surface area contributed by atoms with Gasteiger partial charge in [0.15, 0.2) is 17.3 Å². The number of rotatable bonds is 6. The predicted octanol–water partition coefficient (Wildman–Crippen LogP) is 4.55. The molecule has 0 atom stereocenters. The average Bonchev–Trinajstić information content (AvgIpc) is 3.13. The minimum atomic E-state index is -0.499. The van der Waals surface area contributed by atoms with Gasteiger partial charge >= 0.3 is 5.97 Å². The molecule has 1 aliphatic heterocycles. The van der Waals surface area contributed by atoms with Crippen molar-refractivity contribution in [2.45, 2.75) is 0 Å². The quantitative estimate of drug-likeness (QED) is 0.321. The number of hydrogen-bond acceptors (Lipinski definition) is 7. The first-order valence-electron chi connectivity index (χ1n) is 9.69. The van der Waals surface area contributed by atoms with Crippen LogP contribution in [0.2, 0.25) is 0 Å². The van der Waals surface area contributed by atoms with Crippen molar-refractivity contribution in [1.29, 1.82) is 0 Å². The van der Waals surface area contributed by atoms with Crippen LogP contribution >= 0.6 is 0 Å². The van der Waals surface area contributed by atoms with Gasteiger partial charge in [-0.2, -0.15) is 0 Å². The standard InChI is InChI=1S/C25H20O7/c1-28-19-14-22(30-3)21(29-2)11-16(19)12-23-24(26)18-10-9-17(13-20(18)32-23)31-25(27)15-7-5-4-6-8-15/h4-14H,1-3H3/b23-12-. The topological polar surface area (TPSA) is 80.3 Å². The van der Waals surface area contributed by atoms with Gasteiger partial charge in [-0.15, -0.1) is 0 Å². The van der Waals surface area contributed by atoms with Crippen molar-refractivity contribution < 1.29 is 33.3 Å². The summed E-state index contributed by atoms with van der Waals surface area (Å²) < 4.78 is 27.2. The van der Waals surface area contributed by atoms with Crippen molar-refractivity contribution in [2.75, 3.05) is 21.3 Å². The Morgan fingerprint density at radius 1 is 0.844 bits per heavy atom. The van der Waals surface area contributed by atoms with Crippen LogP contribution in [0, 0.1) is 0 Å². The van der Waals surface area contributed by atoms with Crippen molar-refractivity contribution in [3.8, 4) is 28.7 Å². The van der Waals surface area contributed by atoms with E-state index in [9.17, 15) is 9.59 Å².